The van der Waals surface area contributed by atoms with E-state index in [1.165, 1.54) is 71.1 Å². The van der Waals surface area contributed by atoms with Crippen LogP contribution < -0.4 is 0 Å². The molecule has 0 rings (SSSR count). The number of ether oxygens (including phenoxy) is 2. The normalized spacial score (nSPS) is 11.0. The van der Waals surface area contributed by atoms with Crippen LogP contribution in [0.3, 0.4) is 0 Å². The first-order valence-electron chi connectivity index (χ1n) is 10.1. The van der Waals surface area contributed by atoms with Gasteiger partial charge in [-0.15, -0.1) is 0 Å². The van der Waals surface area contributed by atoms with E-state index in [0.717, 1.165) is 19.3 Å². The fourth-order valence-corrected chi connectivity index (χ4v) is 2.59. The van der Waals surface area contributed by atoms with E-state index in [0.29, 0.717) is 6.42 Å². The van der Waals surface area contributed by atoms with E-state index >= 15 is 0 Å². The predicted molar refractivity (Wildman–Crippen MR) is 102 cm³/mol. The maximum Gasteiger partial charge on any atom is 0.308 e. The molecule has 0 aliphatic heterocycles. The van der Waals surface area contributed by atoms with Gasteiger partial charge in [0.15, 0.2) is 0 Å². The molecule has 0 aromatic heterocycles. The molecule has 0 N–H and O–H groups in total. The highest BCUT2D eigenvalue weighted by Crippen LogP contribution is 2.10. The fraction of sp³-hybridized carbons (Fsp3) is 0.810. The van der Waals surface area contributed by atoms with Crippen LogP contribution in [0.25, 0.3) is 0 Å². The van der Waals surface area contributed by atoms with E-state index in [2.05, 4.69) is 23.8 Å². The van der Waals surface area contributed by atoms with E-state index in [1.807, 2.05) is 0 Å². The van der Waals surface area contributed by atoms with Gasteiger partial charge in [-0.2, -0.15) is 0 Å². The maximum atomic E-state index is 11.3. The quantitative estimate of drug-likeness (QED) is 0.137. The van der Waals surface area contributed by atoms with Gasteiger partial charge in [0, 0.05) is 13.3 Å². The highest BCUT2D eigenvalue weighted by atomic mass is 16.7. The molecule has 0 saturated carbocycles. The van der Waals surface area contributed by atoms with Gasteiger partial charge in [0.1, 0.15) is 0 Å². The van der Waals surface area contributed by atoms with E-state index in [1.54, 1.807) is 0 Å². The lowest BCUT2D eigenvalue weighted by molar-refractivity contribution is -0.165. The number of rotatable bonds is 17. The first-order valence-corrected chi connectivity index (χ1v) is 10.1. The minimum absolute atomic E-state index is 0.265. The number of hydrogen-bond donors (Lipinski definition) is 0. The van der Waals surface area contributed by atoms with Crippen molar-refractivity contribution in [2.45, 2.75) is 104 Å². The molecule has 0 aromatic carbocycles. The van der Waals surface area contributed by atoms with Gasteiger partial charge in [-0.1, -0.05) is 70.4 Å². The van der Waals surface area contributed by atoms with Gasteiger partial charge in [0.05, 0.1) is 0 Å². The minimum atomic E-state index is -0.436. The molecule has 0 spiro atoms. The van der Waals surface area contributed by atoms with Crippen molar-refractivity contribution in [1.29, 1.82) is 0 Å². The Morgan fingerprint density at radius 1 is 0.720 bits per heavy atom. The smallest absolute Gasteiger partial charge is 0.308 e. The topological polar surface area (TPSA) is 52.6 Å². The number of carbonyl (C=O) groups excluding carboxylic acids is 2. The zero-order valence-electron chi connectivity index (χ0n) is 16.4. The number of hydrogen-bond acceptors (Lipinski definition) is 4. The van der Waals surface area contributed by atoms with Crippen molar-refractivity contribution in [3.63, 3.8) is 0 Å². The SMILES string of the molecule is CCCCCCCC/C=C/CCCCCCCC(=O)OCOC(C)=O. The van der Waals surface area contributed by atoms with Crippen molar-refractivity contribution >= 4 is 11.9 Å². The van der Waals surface area contributed by atoms with Crippen molar-refractivity contribution in [2.24, 2.45) is 0 Å². The predicted octanol–water partition coefficient (Wildman–Crippen LogP) is 6.09. The lowest BCUT2D eigenvalue weighted by atomic mass is 10.1. The Labute approximate surface area is 154 Å². The van der Waals surface area contributed by atoms with Crippen LogP contribution in [-0.2, 0) is 19.1 Å². The van der Waals surface area contributed by atoms with Crippen molar-refractivity contribution in [1.82, 2.24) is 0 Å². The van der Waals surface area contributed by atoms with E-state index < -0.39 is 5.97 Å². The van der Waals surface area contributed by atoms with Crippen LogP contribution >= 0.6 is 0 Å². The largest absolute Gasteiger partial charge is 0.428 e. The second kappa shape index (κ2) is 19.0. The molecule has 0 aromatic rings. The molecule has 0 fully saturated rings. The molecule has 146 valence electrons. The van der Waals surface area contributed by atoms with Gasteiger partial charge >= 0.3 is 11.9 Å². The first-order chi connectivity index (χ1) is 12.2. The van der Waals surface area contributed by atoms with Crippen LogP contribution in [0, 0.1) is 0 Å². The second-order valence-corrected chi connectivity index (χ2v) is 6.60. The Morgan fingerprint density at radius 3 is 1.80 bits per heavy atom. The van der Waals surface area contributed by atoms with Crippen LogP contribution in [0.5, 0.6) is 0 Å². The molecular formula is C21H38O4. The van der Waals surface area contributed by atoms with E-state index in [-0.39, 0.29) is 12.8 Å². The first kappa shape index (κ1) is 23.7. The Kier molecular flexibility index (Phi) is 18.0. The number of unbranched alkanes of at least 4 members (excludes halogenated alkanes) is 11. The summed E-state index contributed by atoms with van der Waals surface area (Å²) in [5, 5.41) is 0. The van der Waals surface area contributed by atoms with Crippen LogP contribution in [0.4, 0.5) is 0 Å². The summed E-state index contributed by atoms with van der Waals surface area (Å²) in [6, 6.07) is 0. The molecule has 0 aliphatic rings. The van der Waals surface area contributed by atoms with Crippen molar-refractivity contribution in [3.05, 3.63) is 12.2 Å². The summed E-state index contributed by atoms with van der Waals surface area (Å²) >= 11 is 0. The summed E-state index contributed by atoms with van der Waals surface area (Å²) < 4.78 is 9.33. The molecule has 4 heteroatoms. The van der Waals surface area contributed by atoms with Crippen LogP contribution in [0.1, 0.15) is 104 Å². The van der Waals surface area contributed by atoms with Gasteiger partial charge in [0.2, 0.25) is 6.79 Å². The summed E-state index contributed by atoms with van der Waals surface area (Å²) in [7, 11) is 0. The molecule has 0 heterocycles. The van der Waals surface area contributed by atoms with Crippen LogP contribution in [0.15, 0.2) is 12.2 Å². The standard InChI is InChI=1S/C21H38O4/c1-3-4-5-6-7-8-9-10-11-12-13-14-15-16-17-18-21(23)25-19-24-20(2)22/h10-11H,3-9,12-19H2,1-2H3/b11-10+. The lowest BCUT2D eigenvalue weighted by Crippen LogP contribution is -2.10. The molecule has 0 amide bonds. The van der Waals surface area contributed by atoms with Gasteiger partial charge in [-0.05, 0) is 32.1 Å². The van der Waals surface area contributed by atoms with Gasteiger partial charge in [0.25, 0.3) is 0 Å². The van der Waals surface area contributed by atoms with Crippen molar-refractivity contribution < 1.29 is 19.1 Å². The minimum Gasteiger partial charge on any atom is -0.428 e. The third kappa shape index (κ3) is 20.6. The zero-order chi connectivity index (χ0) is 18.6. The van der Waals surface area contributed by atoms with Crippen LogP contribution in [-0.4, -0.2) is 18.7 Å². The molecule has 0 radical (unpaired) electrons. The van der Waals surface area contributed by atoms with E-state index in [4.69, 9.17) is 4.74 Å². The third-order valence-corrected chi connectivity index (χ3v) is 4.12. The summed E-state index contributed by atoms with van der Waals surface area (Å²) in [4.78, 5) is 21.9. The summed E-state index contributed by atoms with van der Waals surface area (Å²) in [5.41, 5.74) is 0. The Balaban J connectivity index is 3.21. The summed E-state index contributed by atoms with van der Waals surface area (Å²) in [5.74, 6) is -0.729. The Morgan fingerprint density at radius 2 is 1.24 bits per heavy atom. The molecule has 0 aliphatic carbocycles. The van der Waals surface area contributed by atoms with Crippen LogP contribution in [0.2, 0.25) is 0 Å². The third-order valence-electron chi connectivity index (χ3n) is 4.12. The monoisotopic (exact) mass is 354 g/mol. The average Bonchev–Trinajstić information content (AvgIpc) is 2.58. The van der Waals surface area contributed by atoms with Crippen molar-refractivity contribution in [2.75, 3.05) is 6.79 Å². The summed E-state index contributed by atoms with van der Waals surface area (Å²) in [6.45, 7) is 3.28. The molecule has 0 atom stereocenters. The highest BCUT2D eigenvalue weighted by Gasteiger charge is 2.03. The molecule has 0 unspecified atom stereocenters. The van der Waals surface area contributed by atoms with Crippen molar-refractivity contribution in [3.8, 4) is 0 Å². The maximum absolute atomic E-state index is 11.3. The van der Waals surface area contributed by atoms with Gasteiger partial charge in [-0.25, -0.2) is 0 Å². The molecule has 0 bridgehead atoms. The average molecular weight is 355 g/mol. The lowest BCUT2D eigenvalue weighted by Gasteiger charge is -2.04. The molecule has 25 heavy (non-hydrogen) atoms. The molecular weight excluding hydrogens is 316 g/mol. The number of esters is 2. The fourth-order valence-electron chi connectivity index (χ4n) is 2.59. The summed E-state index contributed by atoms with van der Waals surface area (Å²) in [6.07, 6.45) is 21.1. The molecule has 4 nitrogen and oxygen atoms in total. The second-order valence-electron chi connectivity index (χ2n) is 6.60. The number of allylic oxidation sites excluding steroid dienone is 2. The Hall–Kier alpha value is -1.32. The zero-order valence-corrected chi connectivity index (χ0v) is 16.4. The molecule has 0 saturated heterocycles. The number of carbonyl (C=O) groups is 2. The Bertz CT molecular complexity index is 350. The highest BCUT2D eigenvalue weighted by molar-refractivity contribution is 5.69. The van der Waals surface area contributed by atoms with Gasteiger partial charge in [-0.3, -0.25) is 9.59 Å². The van der Waals surface area contributed by atoms with E-state index in [9.17, 15) is 9.59 Å². The van der Waals surface area contributed by atoms with Gasteiger partial charge < -0.3 is 9.47 Å².